The molecule has 0 radical (unpaired) electrons. The molecule has 1 atom stereocenters. The zero-order chi connectivity index (χ0) is 12.7. The van der Waals surface area contributed by atoms with Crippen molar-refractivity contribution in [2.75, 3.05) is 5.32 Å². The maximum atomic E-state index is 11.6. The van der Waals surface area contributed by atoms with Crippen LogP contribution < -0.4 is 10.6 Å². The molecular formula is C13H21N3O. The minimum atomic E-state index is -0.160. The first-order chi connectivity index (χ1) is 8.08. The van der Waals surface area contributed by atoms with Crippen molar-refractivity contribution in [2.45, 2.75) is 39.7 Å². The Balaban J connectivity index is 2.29. The van der Waals surface area contributed by atoms with Crippen LogP contribution in [0.25, 0.3) is 0 Å². The molecule has 0 spiro atoms. The van der Waals surface area contributed by atoms with E-state index in [0.717, 1.165) is 18.5 Å². The van der Waals surface area contributed by atoms with Gasteiger partial charge in [-0.25, -0.2) is 4.79 Å². The number of carbonyl (C=O) groups is 1. The number of nitrogens with one attached hydrogen (secondary N) is 2. The summed E-state index contributed by atoms with van der Waals surface area (Å²) in [7, 11) is 0. The summed E-state index contributed by atoms with van der Waals surface area (Å²) in [6.45, 7) is 6.39. The summed E-state index contributed by atoms with van der Waals surface area (Å²) < 4.78 is 0. The lowest BCUT2D eigenvalue weighted by Gasteiger charge is -2.15. The van der Waals surface area contributed by atoms with Crippen LogP contribution in [0, 0.1) is 5.92 Å². The third-order valence-electron chi connectivity index (χ3n) is 2.49. The number of aromatic nitrogens is 1. The maximum Gasteiger partial charge on any atom is 0.319 e. The summed E-state index contributed by atoms with van der Waals surface area (Å²) in [6.07, 6.45) is 5.42. The Hall–Kier alpha value is -1.58. The highest BCUT2D eigenvalue weighted by Crippen LogP contribution is 2.07. The van der Waals surface area contributed by atoms with Crippen molar-refractivity contribution >= 4 is 11.7 Å². The summed E-state index contributed by atoms with van der Waals surface area (Å²) in [4.78, 5) is 15.5. The Morgan fingerprint density at radius 2 is 1.88 bits per heavy atom. The van der Waals surface area contributed by atoms with Crippen LogP contribution in [0.4, 0.5) is 10.5 Å². The molecule has 17 heavy (non-hydrogen) atoms. The van der Waals surface area contributed by atoms with E-state index in [9.17, 15) is 4.79 Å². The molecule has 1 unspecified atom stereocenters. The summed E-state index contributed by atoms with van der Waals surface area (Å²) in [6, 6.07) is 3.56. The number of urea groups is 1. The number of hydrogen-bond donors (Lipinski definition) is 2. The highest BCUT2D eigenvalue weighted by atomic mass is 16.2. The first kappa shape index (κ1) is 13.5. The van der Waals surface area contributed by atoms with Crippen LogP contribution >= 0.6 is 0 Å². The van der Waals surface area contributed by atoms with Crippen LogP contribution in [-0.4, -0.2) is 17.1 Å². The molecule has 2 N–H and O–H groups in total. The molecule has 0 fully saturated rings. The molecular weight excluding hydrogens is 214 g/mol. The van der Waals surface area contributed by atoms with E-state index in [1.807, 2.05) is 6.92 Å². The summed E-state index contributed by atoms with van der Waals surface area (Å²) in [5.41, 5.74) is 0.758. The zero-order valence-electron chi connectivity index (χ0n) is 10.7. The van der Waals surface area contributed by atoms with Gasteiger partial charge in [0.25, 0.3) is 0 Å². The van der Waals surface area contributed by atoms with Gasteiger partial charge in [0.15, 0.2) is 0 Å². The minimum Gasteiger partial charge on any atom is -0.335 e. The van der Waals surface area contributed by atoms with E-state index in [2.05, 4.69) is 29.5 Å². The molecule has 94 valence electrons. The van der Waals surface area contributed by atoms with Crippen molar-refractivity contribution < 1.29 is 4.79 Å². The van der Waals surface area contributed by atoms with Gasteiger partial charge < -0.3 is 10.6 Å². The van der Waals surface area contributed by atoms with Gasteiger partial charge >= 0.3 is 6.03 Å². The third-order valence-corrected chi connectivity index (χ3v) is 2.49. The molecule has 1 rings (SSSR count). The van der Waals surface area contributed by atoms with E-state index >= 15 is 0 Å². The number of rotatable bonds is 5. The number of anilines is 1. The van der Waals surface area contributed by atoms with Crippen molar-refractivity contribution in [2.24, 2.45) is 5.92 Å². The monoisotopic (exact) mass is 235 g/mol. The van der Waals surface area contributed by atoms with Crippen LogP contribution in [0.3, 0.4) is 0 Å². The number of amides is 2. The molecule has 0 saturated carbocycles. The lowest BCUT2D eigenvalue weighted by Crippen LogP contribution is -2.36. The van der Waals surface area contributed by atoms with E-state index in [4.69, 9.17) is 0 Å². The van der Waals surface area contributed by atoms with Gasteiger partial charge in [0.2, 0.25) is 0 Å². The number of hydrogen-bond acceptors (Lipinski definition) is 2. The number of pyridine rings is 1. The molecule has 1 aromatic heterocycles. The molecule has 4 nitrogen and oxygen atoms in total. The standard InChI is InChI=1S/C13H21N3O/c1-10(2)4-5-11(3)15-13(17)16-12-6-8-14-9-7-12/h6-11H,4-5H2,1-3H3,(H2,14,15,16,17). The molecule has 1 heterocycles. The lowest BCUT2D eigenvalue weighted by molar-refractivity contribution is 0.248. The van der Waals surface area contributed by atoms with Gasteiger partial charge in [-0.2, -0.15) is 0 Å². The van der Waals surface area contributed by atoms with Gasteiger partial charge in [-0.05, 0) is 37.8 Å². The van der Waals surface area contributed by atoms with E-state index < -0.39 is 0 Å². The minimum absolute atomic E-state index is 0.160. The molecule has 0 saturated heterocycles. The van der Waals surface area contributed by atoms with Crippen molar-refractivity contribution in [3.05, 3.63) is 24.5 Å². The molecule has 0 aromatic carbocycles. The van der Waals surface area contributed by atoms with Crippen LogP contribution in [0.15, 0.2) is 24.5 Å². The Morgan fingerprint density at radius 3 is 2.47 bits per heavy atom. The quantitative estimate of drug-likeness (QED) is 0.824. The topological polar surface area (TPSA) is 54.0 Å². The fourth-order valence-electron chi connectivity index (χ4n) is 1.48. The van der Waals surface area contributed by atoms with Crippen LogP contribution in [-0.2, 0) is 0 Å². The highest BCUT2D eigenvalue weighted by Gasteiger charge is 2.07. The van der Waals surface area contributed by atoms with Crippen molar-refractivity contribution in [1.29, 1.82) is 0 Å². The first-order valence-corrected chi connectivity index (χ1v) is 6.05. The fraction of sp³-hybridized carbons (Fsp3) is 0.538. The van der Waals surface area contributed by atoms with E-state index in [1.165, 1.54) is 0 Å². The predicted octanol–water partition coefficient (Wildman–Crippen LogP) is 3.03. The second-order valence-electron chi connectivity index (χ2n) is 4.71. The zero-order valence-corrected chi connectivity index (χ0v) is 10.7. The molecule has 0 bridgehead atoms. The average Bonchev–Trinajstić information content (AvgIpc) is 2.27. The number of nitrogens with zero attached hydrogens (tertiary/aromatic N) is 1. The summed E-state index contributed by atoms with van der Waals surface area (Å²) in [5, 5.41) is 5.68. The lowest BCUT2D eigenvalue weighted by atomic mass is 10.0. The maximum absolute atomic E-state index is 11.6. The highest BCUT2D eigenvalue weighted by molar-refractivity contribution is 5.89. The second kappa shape index (κ2) is 6.89. The second-order valence-corrected chi connectivity index (χ2v) is 4.71. The number of carbonyl (C=O) groups excluding carboxylic acids is 1. The molecule has 0 aliphatic heterocycles. The van der Waals surface area contributed by atoms with Crippen LogP contribution in [0.5, 0.6) is 0 Å². The van der Waals surface area contributed by atoms with Gasteiger partial charge in [-0.15, -0.1) is 0 Å². The van der Waals surface area contributed by atoms with Gasteiger partial charge in [0.1, 0.15) is 0 Å². The molecule has 1 aromatic rings. The Labute approximate surface area is 103 Å². The Morgan fingerprint density at radius 1 is 1.24 bits per heavy atom. The van der Waals surface area contributed by atoms with E-state index in [1.54, 1.807) is 24.5 Å². The van der Waals surface area contributed by atoms with Gasteiger partial charge in [-0.3, -0.25) is 4.98 Å². The Bertz CT molecular complexity index is 338. The molecule has 0 aliphatic rings. The fourth-order valence-corrected chi connectivity index (χ4v) is 1.48. The third kappa shape index (κ3) is 5.90. The molecule has 0 aliphatic carbocycles. The summed E-state index contributed by atoms with van der Waals surface area (Å²) >= 11 is 0. The smallest absolute Gasteiger partial charge is 0.319 e. The Kier molecular flexibility index (Phi) is 5.46. The average molecular weight is 235 g/mol. The normalized spacial score (nSPS) is 12.2. The molecule has 2 amide bonds. The first-order valence-electron chi connectivity index (χ1n) is 6.05. The van der Waals surface area contributed by atoms with Crippen molar-refractivity contribution in [1.82, 2.24) is 10.3 Å². The molecule has 4 heteroatoms. The van der Waals surface area contributed by atoms with Gasteiger partial charge in [-0.1, -0.05) is 13.8 Å². The summed E-state index contributed by atoms with van der Waals surface area (Å²) in [5.74, 6) is 0.669. The largest absolute Gasteiger partial charge is 0.335 e. The van der Waals surface area contributed by atoms with Crippen LogP contribution in [0.2, 0.25) is 0 Å². The van der Waals surface area contributed by atoms with Crippen molar-refractivity contribution in [3.8, 4) is 0 Å². The SMILES string of the molecule is CC(C)CCC(C)NC(=O)Nc1ccncc1. The van der Waals surface area contributed by atoms with Crippen molar-refractivity contribution in [3.63, 3.8) is 0 Å². The van der Waals surface area contributed by atoms with E-state index in [-0.39, 0.29) is 12.1 Å². The van der Waals surface area contributed by atoms with Gasteiger partial charge in [0.05, 0.1) is 0 Å². The predicted molar refractivity (Wildman–Crippen MR) is 69.9 cm³/mol. The van der Waals surface area contributed by atoms with E-state index in [0.29, 0.717) is 5.92 Å². The van der Waals surface area contributed by atoms with Gasteiger partial charge in [0, 0.05) is 24.1 Å². The van der Waals surface area contributed by atoms with Crippen LogP contribution in [0.1, 0.15) is 33.6 Å².